The lowest BCUT2D eigenvalue weighted by Crippen LogP contribution is -2.52. The number of hydrogen-bond acceptors (Lipinski definition) is 6. The molecule has 100 valence electrons. The van der Waals surface area contributed by atoms with Gasteiger partial charge in [-0.15, -0.1) is 0 Å². The molecule has 1 aliphatic heterocycles. The van der Waals surface area contributed by atoms with Crippen molar-refractivity contribution >= 4 is 28.3 Å². The molecule has 2 heterocycles. The van der Waals surface area contributed by atoms with Crippen molar-refractivity contribution < 1.29 is 9.53 Å². The van der Waals surface area contributed by atoms with Crippen molar-refractivity contribution in [2.24, 2.45) is 5.73 Å². The van der Waals surface area contributed by atoms with Crippen molar-refractivity contribution in [2.75, 3.05) is 23.7 Å². The number of primary amides is 1. The summed E-state index contributed by atoms with van der Waals surface area (Å²) in [5, 5.41) is 0.739. The van der Waals surface area contributed by atoms with Gasteiger partial charge < -0.3 is 21.1 Å². The highest BCUT2D eigenvalue weighted by Crippen LogP contribution is 2.34. The van der Waals surface area contributed by atoms with Gasteiger partial charge in [-0.05, 0) is 32.3 Å². The molecule has 18 heavy (non-hydrogen) atoms. The van der Waals surface area contributed by atoms with Crippen LogP contribution >= 0.6 is 11.5 Å². The number of nitrogens with two attached hydrogens (primary N) is 2. The number of nitrogens with zero attached hydrogens (tertiary/aromatic N) is 2. The van der Waals surface area contributed by atoms with E-state index in [1.165, 1.54) is 11.5 Å². The Balaban J connectivity index is 2.34. The van der Waals surface area contributed by atoms with Gasteiger partial charge in [-0.25, -0.2) is 0 Å². The lowest BCUT2D eigenvalue weighted by molar-refractivity contribution is -0.0748. The number of carbonyl (C=O) groups excluding carboxylic acids is 1. The van der Waals surface area contributed by atoms with Gasteiger partial charge >= 0.3 is 0 Å². The number of ether oxygens (including phenoxy) is 1. The zero-order valence-electron chi connectivity index (χ0n) is 10.8. The van der Waals surface area contributed by atoms with E-state index in [1.54, 1.807) is 0 Å². The summed E-state index contributed by atoms with van der Waals surface area (Å²) < 4.78 is 9.85. The van der Waals surface area contributed by atoms with Crippen LogP contribution in [0.5, 0.6) is 0 Å². The number of amides is 1. The van der Waals surface area contributed by atoms with Crippen LogP contribution in [0, 0.1) is 0 Å². The Morgan fingerprint density at radius 2 is 2.28 bits per heavy atom. The normalized spacial score (nSPS) is 23.1. The van der Waals surface area contributed by atoms with E-state index >= 15 is 0 Å². The molecule has 1 fully saturated rings. The van der Waals surface area contributed by atoms with Crippen LogP contribution in [0.4, 0.5) is 10.8 Å². The SMILES string of the molecule is CC1CN(c2snc(N)c2C(N)=O)CC(C)(C)O1. The molecule has 0 spiro atoms. The molecule has 7 heteroatoms. The van der Waals surface area contributed by atoms with Crippen molar-refractivity contribution in [1.82, 2.24) is 4.37 Å². The fourth-order valence-corrected chi connectivity index (χ4v) is 3.18. The van der Waals surface area contributed by atoms with E-state index in [0.717, 1.165) is 5.00 Å². The Labute approximate surface area is 110 Å². The van der Waals surface area contributed by atoms with E-state index in [9.17, 15) is 4.79 Å². The van der Waals surface area contributed by atoms with Crippen LogP contribution in [0.2, 0.25) is 0 Å². The van der Waals surface area contributed by atoms with E-state index < -0.39 is 5.91 Å². The Bertz CT molecular complexity index is 472. The maximum absolute atomic E-state index is 11.4. The summed E-state index contributed by atoms with van der Waals surface area (Å²) in [6.45, 7) is 7.42. The van der Waals surface area contributed by atoms with Crippen molar-refractivity contribution in [3.8, 4) is 0 Å². The van der Waals surface area contributed by atoms with Crippen molar-refractivity contribution in [2.45, 2.75) is 32.5 Å². The van der Waals surface area contributed by atoms with Crippen LogP contribution in [0.1, 0.15) is 31.1 Å². The molecule has 6 nitrogen and oxygen atoms in total. The molecule has 1 aromatic rings. The second-order valence-corrected chi connectivity index (χ2v) is 5.93. The van der Waals surface area contributed by atoms with Gasteiger partial charge in [0.25, 0.3) is 5.91 Å². The molecule has 0 saturated carbocycles. The van der Waals surface area contributed by atoms with Crippen LogP contribution < -0.4 is 16.4 Å². The van der Waals surface area contributed by atoms with Gasteiger partial charge in [-0.1, -0.05) is 0 Å². The summed E-state index contributed by atoms with van der Waals surface area (Å²) in [6.07, 6.45) is 0.0813. The predicted molar refractivity (Wildman–Crippen MR) is 71.9 cm³/mol. The molecule has 0 aromatic carbocycles. The summed E-state index contributed by atoms with van der Waals surface area (Å²) in [4.78, 5) is 13.5. The first-order valence-electron chi connectivity index (χ1n) is 5.78. The molecule has 1 aromatic heterocycles. The van der Waals surface area contributed by atoms with Gasteiger partial charge in [-0.2, -0.15) is 4.37 Å². The number of hydrogen-bond donors (Lipinski definition) is 2. The van der Waals surface area contributed by atoms with Gasteiger partial charge in [-0.3, -0.25) is 4.79 Å². The van der Waals surface area contributed by atoms with Crippen LogP contribution in [-0.2, 0) is 4.74 Å². The Morgan fingerprint density at radius 1 is 1.61 bits per heavy atom. The van der Waals surface area contributed by atoms with Crippen LogP contribution in [0.15, 0.2) is 0 Å². The molecule has 1 atom stereocenters. The lowest BCUT2D eigenvalue weighted by atomic mass is 10.1. The largest absolute Gasteiger partial charge is 0.382 e. The van der Waals surface area contributed by atoms with Gasteiger partial charge in [0, 0.05) is 13.1 Å². The van der Waals surface area contributed by atoms with Gasteiger partial charge in [0.05, 0.1) is 11.7 Å². The van der Waals surface area contributed by atoms with E-state index in [4.69, 9.17) is 16.2 Å². The summed E-state index contributed by atoms with van der Waals surface area (Å²) in [6, 6.07) is 0. The fraction of sp³-hybridized carbons (Fsp3) is 0.636. The molecule has 1 aliphatic rings. The zero-order chi connectivity index (χ0) is 13.5. The summed E-state index contributed by atoms with van der Waals surface area (Å²) in [5.41, 5.74) is 11.1. The standard InChI is InChI=1S/C11H18N4O2S/c1-6-4-15(5-11(2,3)17-6)10-7(9(13)16)8(12)14-18-10/h6H,4-5H2,1-3H3,(H2,12,14)(H2,13,16). The van der Waals surface area contributed by atoms with Gasteiger partial charge in [0.2, 0.25) is 0 Å². The zero-order valence-corrected chi connectivity index (χ0v) is 11.6. The van der Waals surface area contributed by atoms with Crippen molar-refractivity contribution in [1.29, 1.82) is 0 Å². The second kappa shape index (κ2) is 4.40. The summed E-state index contributed by atoms with van der Waals surface area (Å²) >= 11 is 1.21. The van der Waals surface area contributed by atoms with Crippen LogP contribution in [-0.4, -0.2) is 35.1 Å². The predicted octanol–water partition coefficient (Wildman–Crippen LogP) is 0.828. The Hall–Kier alpha value is -1.34. The third-order valence-electron chi connectivity index (χ3n) is 2.80. The average molecular weight is 270 g/mol. The van der Waals surface area contributed by atoms with E-state index in [2.05, 4.69) is 9.27 Å². The van der Waals surface area contributed by atoms with Crippen LogP contribution in [0.25, 0.3) is 0 Å². The number of rotatable bonds is 2. The molecular weight excluding hydrogens is 252 g/mol. The molecular formula is C11H18N4O2S. The topological polar surface area (TPSA) is 94.5 Å². The molecule has 1 amide bonds. The van der Waals surface area contributed by atoms with Gasteiger partial charge in [0.15, 0.2) is 5.82 Å². The highest BCUT2D eigenvalue weighted by Gasteiger charge is 2.34. The van der Waals surface area contributed by atoms with Crippen molar-refractivity contribution in [3.63, 3.8) is 0 Å². The first kappa shape index (κ1) is 13.1. The molecule has 2 rings (SSSR count). The summed E-state index contributed by atoms with van der Waals surface area (Å²) in [7, 11) is 0. The molecule has 1 saturated heterocycles. The first-order valence-corrected chi connectivity index (χ1v) is 6.55. The molecule has 0 radical (unpaired) electrons. The fourth-order valence-electron chi connectivity index (χ4n) is 2.35. The quantitative estimate of drug-likeness (QED) is 0.830. The molecule has 4 N–H and O–H groups in total. The smallest absolute Gasteiger partial charge is 0.255 e. The number of nitrogen functional groups attached to an aromatic ring is 1. The first-order chi connectivity index (χ1) is 8.30. The second-order valence-electron chi connectivity index (χ2n) is 5.18. The average Bonchev–Trinajstić information content (AvgIpc) is 2.56. The third kappa shape index (κ3) is 2.41. The Kier molecular flexibility index (Phi) is 3.20. The van der Waals surface area contributed by atoms with Gasteiger partial charge in [0.1, 0.15) is 10.6 Å². The monoisotopic (exact) mass is 270 g/mol. The molecule has 0 aliphatic carbocycles. The number of morpholine rings is 1. The lowest BCUT2D eigenvalue weighted by Gasteiger charge is -2.42. The maximum Gasteiger partial charge on any atom is 0.255 e. The number of carbonyl (C=O) groups is 1. The van der Waals surface area contributed by atoms with E-state index in [-0.39, 0.29) is 17.5 Å². The summed E-state index contributed by atoms with van der Waals surface area (Å²) in [5.74, 6) is -0.326. The van der Waals surface area contributed by atoms with Crippen LogP contribution in [0.3, 0.4) is 0 Å². The minimum atomic E-state index is -0.534. The van der Waals surface area contributed by atoms with Crippen molar-refractivity contribution in [3.05, 3.63) is 5.56 Å². The van der Waals surface area contributed by atoms with E-state index in [1.807, 2.05) is 20.8 Å². The minimum absolute atomic E-state index is 0.0813. The maximum atomic E-state index is 11.4. The molecule has 0 bridgehead atoms. The highest BCUT2D eigenvalue weighted by atomic mass is 32.1. The molecule has 1 unspecified atom stereocenters. The minimum Gasteiger partial charge on any atom is -0.382 e. The Morgan fingerprint density at radius 3 is 2.83 bits per heavy atom. The third-order valence-corrected chi connectivity index (χ3v) is 3.73. The number of aromatic nitrogens is 1. The number of anilines is 2. The highest BCUT2D eigenvalue weighted by molar-refractivity contribution is 7.11. The van der Waals surface area contributed by atoms with E-state index in [0.29, 0.717) is 18.7 Å².